The molecule has 0 spiro atoms. The van der Waals surface area contributed by atoms with Crippen molar-refractivity contribution in [3.63, 3.8) is 0 Å². The highest BCUT2D eigenvalue weighted by atomic mass is 35.5. The minimum absolute atomic E-state index is 0.263. The Kier molecular flexibility index (Phi) is 3.37. The van der Waals surface area contributed by atoms with E-state index in [-0.39, 0.29) is 6.10 Å². The molecule has 0 aromatic heterocycles. The van der Waals surface area contributed by atoms with Crippen LogP contribution in [0.2, 0.25) is 5.02 Å². The molecule has 3 nitrogen and oxygen atoms in total. The van der Waals surface area contributed by atoms with Crippen LogP contribution in [0.5, 0.6) is 5.75 Å². The van der Waals surface area contributed by atoms with Crippen LogP contribution in [0.25, 0.3) is 0 Å². The Morgan fingerprint density at radius 3 is 3.20 bits per heavy atom. The van der Waals surface area contributed by atoms with Crippen LogP contribution in [-0.2, 0) is 6.42 Å². The highest BCUT2D eigenvalue weighted by Crippen LogP contribution is 2.32. The van der Waals surface area contributed by atoms with E-state index >= 15 is 0 Å². The molecule has 3 aliphatic heterocycles. The molecular weight excluding hydrogens is 272 g/mol. The summed E-state index contributed by atoms with van der Waals surface area (Å²) in [4.78, 5) is 2.64. The van der Waals surface area contributed by atoms with Crippen LogP contribution in [0, 0.1) is 0 Å². The first kappa shape index (κ1) is 12.9. The second-order valence-corrected chi connectivity index (χ2v) is 6.68. The summed E-state index contributed by atoms with van der Waals surface area (Å²) in [5, 5.41) is 4.55. The molecule has 0 saturated carbocycles. The van der Waals surface area contributed by atoms with Gasteiger partial charge in [0.1, 0.15) is 11.9 Å². The van der Waals surface area contributed by atoms with Crippen molar-refractivity contribution in [2.24, 2.45) is 0 Å². The Balaban J connectivity index is 1.33. The standard InChI is InChI=1S/C16H21ClN2O/c17-12-3-4-16-11(8-12)9-13(20-16)10-18-14-5-7-19-6-1-2-15(14)19/h3-4,8,13-15,18H,1-2,5-7,9-10H2. The van der Waals surface area contributed by atoms with E-state index in [0.717, 1.165) is 29.8 Å². The monoisotopic (exact) mass is 292 g/mol. The van der Waals surface area contributed by atoms with Crippen molar-refractivity contribution in [1.29, 1.82) is 0 Å². The quantitative estimate of drug-likeness (QED) is 0.926. The van der Waals surface area contributed by atoms with E-state index in [1.54, 1.807) is 0 Å². The maximum absolute atomic E-state index is 6.04. The van der Waals surface area contributed by atoms with Gasteiger partial charge in [0, 0.05) is 36.6 Å². The van der Waals surface area contributed by atoms with Crippen LogP contribution in [0.15, 0.2) is 18.2 Å². The molecule has 3 unspecified atom stereocenters. The molecule has 3 atom stereocenters. The van der Waals surface area contributed by atoms with Gasteiger partial charge >= 0.3 is 0 Å². The molecule has 2 saturated heterocycles. The number of ether oxygens (including phenoxy) is 1. The first-order valence-electron chi connectivity index (χ1n) is 7.72. The van der Waals surface area contributed by atoms with Gasteiger partial charge in [-0.25, -0.2) is 0 Å². The van der Waals surface area contributed by atoms with Gasteiger partial charge in [0.2, 0.25) is 0 Å². The zero-order valence-corrected chi connectivity index (χ0v) is 12.4. The number of hydrogen-bond acceptors (Lipinski definition) is 3. The lowest BCUT2D eigenvalue weighted by Crippen LogP contribution is -2.43. The molecule has 4 heteroatoms. The molecule has 4 rings (SSSR count). The second-order valence-electron chi connectivity index (χ2n) is 6.24. The first-order chi connectivity index (χ1) is 9.79. The van der Waals surface area contributed by atoms with E-state index in [4.69, 9.17) is 16.3 Å². The summed E-state index contributed by atoms with van der Waals surface area (Å²) in [6.07, 6.45) is 5.25. The molecule has 0 bridgehead atoms. The zero-order chi connectivity index (χ0) is 13.5. The molecule has 108 valence electrons. The molecule has 20 heavy (non-hydrogen) atoms. The highest BCUT2D eigenvalue weighted by molar-refractivity contribution is 6.30. The topological polar surface area (TPSA) is 24.5 Å². The molecule has 0 aliphatic carbocycles. The van der Waals surface area contributed by atoms with E-state index in [1.165, 1.54) is 37.9 Å². The van der Waals surface area contributed by atoms with E-state index in [0.29, 0.717) is 6.04 Å². The third-order valence-corrected chi connectivity index (χ3v) is 5.21. The number of hydrogen-bond donors (Lipinski definition) is 1. The van der Waals surface area contributed by atoms with Crippen molar-refractivity contribution in [3.8, 4) is 5.75 Å². The van der Waals surface area contributed by atoms with Crippen molar-refractivity contribution in [2.75, 3.05) is 19.6 Å². The number of rotatable bonds is 3. The summed E-state index contributed by atoms with van der Waals surface area (Å²) in [5.41, 5.74) is 1.25. The van der Waals surface area contributed by atoms with Gasteiger partial charge in [0.05, 0.1) is 0 Å². The van der Waals surface area contributed by atoms with Crippen LogP contribution in [0.3, 0.4) is 0 Å². The fourth-order valence-electron chi connectivity index (χ4n) is 4.01. The third-order valence-electron chi connectivity index (χ3n) is 4.98. The zero-order valence-electron chi connectivity index (χ0n) is 11.6. The molecule has 3 aliphatic rings. The molecule has 0 radical (unpaired) electrons. The smallest absolute Gasteiger partial charge is 0.123 e. The summed E-state index contributed by atoms with van der Waals surface area (Å²) in [6.45, 7) is 3.51. The van der Waals surface area contributed by atoms with E-state index in [9.17, 15) is 0 Å². The lowest BCUT2D eigenvalue weighted by molar-refractivity contribution is 0.214. The van der Waals surface area contributed by atoms with Gasteiger partial charge in [-0.05, 0) is 49.6 Å². The van der Waals surface area contributed by atoms with Crippen molar-refractivity contribution in [2.45, 2.75) is 43.9 Å². The highest BCUT2D eigenvalue weighted by Gasteiger charge is 2.37. The van der Waals surface area contributed by atoms with Crippen LogP contribution in [-0.4, -0.2) is 42.7 Å². The first-order valence-corrected chi connectivity index (χ1v) is 8.10. The second kappa shape index (κ2) is 5.21. The molecule has 2 fully saturated rings. The summed E-state index contributed by atoms with van der Waals surface area (Å²) in [6, 6.07) is 7.36. The van der Waals surface area contributed by atoms with Gasteiger partial charge in [0.25, 0.3) is 0 Å². The van der Waals surface area contributed by atoms with E-state index in [2.05, 4.69) is 10.2 Å². The third kappa shape index (κ3) is 2.32. The fraction of sp³-hybridized carbons (Fsp3) is 0.625. The fourth-order valence-corrected chi connectivity index (χ4v) is 4.20. The number of fused-ring (bicyclic) bond motifs is 2. The van der Waals surface area contributed by atoms with Crippen LogP contribution in [0.4, 0.5) is 0 Å². The Bertz CT molecular complexity index is 507. The predicted molar refractivity (Wildman–Crippen MR) is 80.6 cm³/mol. The Morgan fingerprint density at radius 1 is 1.30 bits per heavy atom. The molecule has 3 heterocycles. The lowest BCUT2D eigenvalue weighted by Gasteiger charge is -2.22. The summed E-state index contributed by atoms with van der Waals surface area (Å²) in [7, 11) is 0. The maximum atomic E-state index is 6.04. The summed E-state index contributed by atoms with van der Waals surface area (Å²) in [5.74, 6) is 1.01. The minimum Gasteiger partial charge on any atom is -0.488 e. The Labute approximate surface area is 125 Å². The van der Waals surface area contributed by atoms with Crippen LogP contribution < -0.4 is 10.1 Å². The molecule has 1 aromatic rings. The minimum atomic E-state index is 0.263. The Morgan fingerprint density at radius 2 is 2.25 bits per heavy atom. The average molecular weight is 293 g/mol. The van der Waals surface area contributed by atoms with Crippen molar-refractivity contribution >= 4 is 11.6 Å². The number of nitrogens with zero attached hydrogens (tertiary/aromatic N) is 1. The molecule has 0 amide bonds. The van der Waals surface area contributed by atoms with Crippen molar-refractivity contribution < 1.29 is 4.74 Å². The van der Waals surface area contributed by atoms with E-state index in [1.807, 2.05) is 18.2 Å². The summed E-state index contributed by atoms with van der Waals surface area (Å²) < 4.78 is 6.00. The SMILES string of the molecule is Clc1ccc2c(c1)CC(CNC1CCN3CCCC13)O2. The van der Waals surface area contributed by atoms with E-state index < -0.39 is 0 Å². The normalized spacial score (nSPS) is 32.1. The largest absolute Gasteiger partial charge is 0.488 e. The van der Waals surface area contributed by atoms with Crippen LogP contribution >= 0.6 is 11.6 Å². The van der Waals surface area contributed by atoms with Crippen molar-refractivity contribution in [1.82, 2.24) is 10.2 Å². The van der Waals surface area contributed by atoms with Gasteiger partial charge in [-0.1, -0.05) is 11.6 Å². The number of halogens is 1. The lowest BCUT2D eigenvalue weighted by atomic mass is 10.1. The van der Waals surface area contributed by atoms with Gasteiger partial charge in [0.15, 0.2) is 0 Å². The summed E-state index contributed by atoms with van der Waals surface area (Å²) >= 11 is 6.04. The van der Waals surface area contributed by atoms with Gasteiger partial charge in [-0.15, -0.1) is 0 Å². The van der Waals surface area contributed by atoms with Gasteiger partial charge in [-0.2, -0.15) is 0 Å². The molecule has 1 aromatic carbocycles. The number of benzene rings is 1. The van der Waals surface area contributed by atoms with Crippen LogP contribution in [0.1, 0.15) is 24.8 Å². The van der Waals surface area contributed by atoms with Gasteiger partial charge in [-0.3, -0.25) is 4.90 Å². The average Bonchev–Trinajstić information content (AvgIpc) is 3.10. The molecular formula is C16H21ClN2O. The van der Waals surface area contributed by atoms with Crippen molar-refractivity contribution in [3.05, 3.63) is 28.8 Å². The predicted octanol–water partition coefficient (Wildman–Crippen LogP) is 2.47. The maximum Gasteiger partial charge on any atom is 0.123 e. The van der Waals surface area contributed by atoms with Gasteiger partial charge < -0.3 is 10.1 Å². The Hall–Kier alpha value is -0.770. The number of nitrogens with one attached hydrogen (secondary N) is 1. The molecule has 1 N–H and O–H groups in total.